The number of non-ortho nitro benzene ring substituents is 1. The topological polar surface area (TPSA) is 125 Å². The van der Waals surface area contributed by atoms with Crippen LogP contribution in [0.4, 0.5) is 10.5 Å². The summed E-state index contributed by atoms with van der Waals surface area (Å²) in [6, 6.07) is 23.6. The fraction of sp³-hybridized carbons (Fsp3) is 0.400. The van der Waals surface area contributed by atoms with Gasteiger partial charge in [0.05, 0.1) is 35.2 Å². The summed E-state index contributed by atoms with van der Waals surface area (Å²) in [4.78, 5) is 51.6. The zero-order valence-corrected chi connectivity index (χ0v) is 26.0. The summed E-state index contributed by atoms with van der Waals surface area (Å²) in [5.74, 6) is -1.87. The molecule has 2 amide bonds. The van der Waals surface area contributed by atoms with E-state index in [1.165, 1.54) is 24.3 Å². The van der Waals surface area contributed by atoms with Crippen LogP contribution in [-0.2, 0) is 25.6 Å². The predicted molar refractivity (Wildman–Crippen MR) is 167 cm³/mol. The van der Waals surface area contributed by atoms with Crippen LogP contribution in [0.3, 0.4) is 0 Å². The van der Waals surface area contributed by atoms with Crippen molar-refractivity contribution in [1.29, 1.82) is 0 Å². The molecule has 0 N–H and O–H groups in total. The second-order valence-corrected chi connectivity index (χ2v) is 11.7. The Morgan fingerprint density at radius 3 is 2.11 bits per heavy atom. The molecule has 0 spiro atoms. The largest absolute Gasteiger partial charge is 0.458 e. The molecule has 1 saturated heterocycles. The minimum absolute atomic E-state index is 0.0672. The maximum Gasteiger partial charge on any atom is 0.417 e. The Hall–Kier alpha value is -4.57. The standard InChI is InChI=1S/C35H40N2O8/c1-23(2)30(43-22-26-12-7-5-8-13-26)16-11-17-31(44-34(39)28-18-20-29(21-19-28)37(41)42)24(3)33(38)36-25(4)32(45-35(36)40)27-14-9-6-10-15-27/h5-10,12-15,18-21,23-25,30-32H,11,16-17,22H2,1-4H3/t24-,25-,30+,31-,32-/m1/s1. The molecule has 5 atom stereocenters. The Balaban J connectivity index is 1.48. The molecule has 238 valence electrons. The summed E-state index contributed by atoms with van der Waals surface area (Å²) in [7, 11) is 0. The van der Waals surface area contributed by atoms with Gasteiger partial charge in [0, 0.05) is 12.1 Å². The van der Waals surface area contributed by atoms with Crippen LogP contribution in [0.1, 0.15) is 74.5 Å². The smallest absolute Gasteiger partial charge is 0.417 e. The van der Waals surface area contributed by atoms with E-state index in [-0.39, 0.29) is 23.3 Å². The molecule has 45 heavy (non-hydrogen) atoms. The summed E-state index contributed by atoms with van der Waals surface area (Å²) < 4.78 is 17.7. The van der Waals surface area contributed by atoms with Crippen molar-refractivity contribution in [3.63, 3.8) is 0 Å². The lowest BCUT2D eigenvalue weighted by Gasteiger charge is -2.28. The SMILES string of the molecule is CC(C)[C@H](CCC[C@@H](OC(=O)c1ccc([N+](=O)[O-])cc1)[C@@H](C)C(=O)N1C(=O)O[C@@H](c2ccccc2)[C@H]1C)OCc1ccccc1. The van der Waals surface area contributed by atoms with Crippen molar-refractivity contribution in [2.75, 3.05) is 0 Å². The van der Waals surface area contributed by atoms with E-state index in [2.05, 4.69) is 13.8 Å². The molecule has 1 heterocycles. The minimum Gasteiger partial charge on any atom is -0.458 e. The molecule has 1 aliphatic rings. The summed E-state index contributed by atoms with van der Waals surface area (Å²) >= 11 is 0. The van der Waals surface area contributed by atoms with Crippen LogP contribution in [0.15, 0.2) is 84.9 Å². The first kappa shape index (κ1) is 33.3. The van der Waals surface area contributed by atoms with E-state index in [0.29, 0.717) is 25.9 Å². The Labute approximate surface area is 263 Å². The van der Waals surface area contributed by atoms with Crippen LogP contribution in [0.25, 0.3) is 0 Å². The van der Waals surface area contributed by atoms with Gasteiger partial charge in [0.15, 0.2) is 0 Å². The first-order chi connectivity index (χ1) is 21.6. The molecular weight excluding hydrogens is 576 g/mol. The molecular formula is C35H40N2O8. The number of benzene rings is 3. The van der Waals surface area contributed by atoms with E-state index in [0.717, 1.165) is 16.0 Å². The molecule has 0 bridgehead atoms. The normalized spacial score (nSPS) is 18.2. The van der Waals surface area contributed by atoms with E-state index in [9.17, 15) is 24.5 Å². The molecule has 0 aromatic heterocycles. The van der Waals surface area contributed by atoms with Crippen LogP contribution in [0, 0.1) is 22.0 Å². The van der Waals surface area contributed by atoms with Crippen LogP contribution in [-0.4, -0.2) is 46.0 Å². The summed E-state index contributed by atoms with van der Waals surface area (Å²) in [5.41, 5.74) is 1.81. The molecule has 10 heteroatoms. The first-order valence-electron chi connectivity index (χ1n) is 15.3. The molecule has 1 fully saturated rings. The lowest BCUT2D eigenvalue weighted by atomic mass is 9.94. The van der Waals surface area contributed by atoms with E-state index in [1.807, 2.05) is 60.7 Å². The van der Waals surface area contributed by atoms with Crippen LogP contribution in [0.2, 0.25) is 0 Å². The highest BCUT2D eigenvalue weighted by Crippen LogP contribution is 2.34. The number of hydrogen-bond donors (Lipinski definition) is 0. The van der Waals surface area contributed by atoms with Gasteiger partial charge in [-0.05, 0) is 55.4 Å². The third-order valence-electron chi connectivity index (χ3n) is 8.18. The van der Waals surface area contributed by atoms with Gasteiger partial charge in [0.25, 0.3) is 5.69 Å². The number of nitro benzene ring substituents is 1. The van der Waals surface area contributed by atoms with Gasteiger partial charge in [-0.3, -0.25) is 14.9 Å². The van der Waals surface area contributed by atoms with Crippen LogP contribution < -0.4 is 0 Å². The monoisotopic (exact) mass is 616 g/mol. The number of esters is 1. The minimum atomic E-state index is -0.877. The third kappa shape index (κ3) is 8.54. The maximum absolute atomic E-state index is 13.8. The zero-order valence-electron chi connectivity index (χ0n) is 26.0. The van der Waals surface area contributed by atoms with Crippen LogP contribution in [0.5, 0.6) is 0 Å². The fourth-order valence-corrected chi connectivity index (χ4v) is 5.47. The number of ether oxygens (including phenoxy) is 3. The molecule has 0 aliphatic carbocycles. The molecule has 0 unspecified atom stereocenters. The van der Waals surface area contributed by atoms with Crippen molar-refractivity contribution in [2.24, 2.45) is 11.8 Å². The first-order valence-corrected chi connectivity index (χ1v) is 15.3. The van der Waals surface area contributed by atoms with Crippen LogP contribution >= 0.6 is 0 Å². The van der Waals surface area contributed by atoms with Gasteiger partial charge in [0.1, 0.15) is 12.2 Å². The molecule has 4 rings (SSSR count). The number of nitro groups is 1. The molecule has 0 saturated carbocycles. The van der Waals surface area contributed by atoms with Crippen molar-refractivity contribution in [3.05, 3.63) is 112 Å². The lowest BCUT2D eigenvalue weighted by molar-refractivity contribution is -0.384. The molecule has 0 radical (unpaired) electrons. The van der Waals surface area contributed by atoms with Crippen molar-refractivity contribution in [1.82, 2.24) is 4.90 Å². The van der Waals surface area contributed by atoms with Gasteiger partial charge in [-0.2, -0.15) is 0 Å². The van der Waals surface area contributed by atoms with Gasteiger partial charge in [-0.1, -0.05) is 81.4 Å². The summed E-state index contributed by atoms with van der Waals surface area (Å²) in [6.45, 7) is 8.02. The number of imide groups is 1. The number of amides is 2. The average Bonchev–Trinajstić information content (AvgIpc) is 3.35. The van der Waals surface area contributed by atoms with Gasteiger partial charge < -0.3 is 14.2 Å². The van der Waals surface area contributed by atoms with E-state index in [1.54, 1.807) is 13.8 Å². The number of carbonyl (C=O) groups is 3. The highest BCUT2D eigenvalue weighted by Gasteiger charge is 2.46. The van der Waals surface area contributed by atoms with Gasteiger partial charge in [0.2, 0.25) is 5.91 Å². The van der Waals surface area contributed by atoms with Crippen molar-refractivity contribution >= 4 is 23.7 Å². The van der Waals surface area contributed by atoms with E-state index >= 15 is 0 Å². The Bertz CT molecular complexity index is 1450. The number of carbonyl (C=O) groups excluding carboxylic acids is 3. The molecule has 3 aromatic carbocycles. The van der Waals surface area contributed by atoms with E-state index < -0.39 is 47.1 Å². The number of cyclic esters (lactones) is 1. The predicted octanol–water partition coefficient (Wildman–Crippen LogP) is 7.28. The highest BCUT2D eigenvalue weighted by molar-refractivity contribution is 5.95. The molecule has 10 nitrogen and oxygen atoms in total. The van der Waals surface area contributed by atoms with Crippen molar-refractivity contribution in [3.8, 4) is 0 Å². The van der Waals surface area contributed by atoms with Crippen molar-refractivity contribution < 1.29 is 33.5 Å². The Morgan fingerprint density at radius 2 is 1.51 bits per heavy atom. The van der Waals surface area contributed by atoms with Gasteiger partial charge in [-0.25, -0.2) is 14.5 Å². The maximum atomic E-state index is 13.8. The third-order valence-corrected chi connectivity index (χ3v) is 8.18. The second-order valence-electron chi connectivity index (χ2n) is 11.7. The number of hydrogen-bond acceptors (Lipinski definition) is 8. The highest BCUT2D eigenvalue weighted by atomic mass is 16.6. The summed E-state index contributed by atoms with van der Waals surface area (Å²) in [5, 5.41) is 11.1. The molecule has 1 aliphatic heterocycles. The summed E-state index contributed by atoms with van der Waals surface area (Å²) in [6.07, 6.45) is -0.731. The van der Waals surface area contributed by atoms with Gasteiger partial charge >= 0.3 is 12.1 Å². The average molecular weight is 617 g/mol. The zero-order chi connectivity index (χ0) is 32.5. The molecule has 3 aromatic rings. The van der Waals surface area contributed by atoms with E-state index in [4.69, 9.17) is 14.2 Å². The quantitative estimate of drug-likeness (QED) is 0.105. The number of nitrogens with zero attached hydrogens (tertiary/aromatic N) is 2. The van der Waals surface area contributed by atoms with Gasteiger partial charge in [-0.15, -0.1) is 0 Å². The Morgan fingerprint density at radius 1 is 0.911 bits per heavy atom. The fourth-order valence-electron chi connectivity index (χ4n) is 5.47. The number of rotatable bonds is 14. The second kappa shape index (κ2) is 15.4. The Kier molecular flexibility index (Phi) is 11.4. The van der Waals surface area contributed by atoms with Crippen molar-refractivity contribution in [2.45, 2.75) is 77.9 Å². The lowest BCUT2D eigenvalue weighted by Crippen LogP contribution is -2.45.